The van der Waals surface area contributed by atoms with Crippen LogP contribution in [-0.4, -0.2) is 50.6 Å². The molecular formula is C35H36N6O4SSi. The summed E-state index contributed by atoms with van der Waals surface area (Å²) in [6.45, 7) is 6.53. The Hall–Kier alpha value is -4.54. The lowest BCUT2D eigenvalue weighted by Gasteiger charge is -2.46. The van der Waals surface area contributed by atoms with Gasteiger partial charge in [0.1, 0.15) is 23.6 Å². The van der Waals surface area contributed by atoms with Gasteiger partial charge < -0.3 is 13.9 Å². The summed E-state index contributed by atoms with van der Waals surface area (Å²) >= 11 is 1.34. The monoisotopic (exact) mass is 664 g/mol. The molecule has 47 heavy (non-hydrogen) atoms. The van der Waals surface area contributed by atoms with Crippen LogP contribution >= 0.6 is 11.8 Å². The van der Waals surface area contributed by atoms with Gasteiger partial charge in [-0.05, 0) is 50.7 Å². The lowest BCUT2D eigenvalue weighted by Crippen LogP contribution is -2.68. The number of carbonyl (C=O) groups excluding carboxylic acids is 1. The highest BCUT2D eigenvalue weighted by Crippen LogP contribution is 2.40. The molecule has 0 unspecified atom stereocenters. The van der Waals surface area contributed by atoms with Gasteiger partial charge in [-0.15, -0.1) is 0 Å². The normalized spacial score (nSPS) is 21.1. The fourth-order valence-corrected chi connectivity index (χ4v) is 11.7. The third kappa shape index (κ3) is 7.55. The maximum atomic E-state index is 13.4. The fraction of sp³-hybridized carbons (Fsp3) is 0.286. The van der Waals surface area contributed by atoms with Gasteiger partial charge >= 0.3 is 5.97 Å². The van der Waals surface area contributed by atoms with E-state index in [-0.39, 0.29) is 11.6 Å². The molecule has 0 radical (unpaired) electrons. The SMILES string of the molecule is CC(C)(C)[Si](OC[C@H]1O[C@@H](Sc2ccccc2)[C@H](N=[N+]=[N-])[C@@H](OC(=O)c2ccccc2)[C@H]1N=[N+]=[N-])(c1ccccc1)c1ccccc1. The molecule has 10 nitrogen and oxygen atoms in total. The Kier molecular flexibility index (Phi) is 11.1. The molecule has 1 saturated heterocycles. The van der Waals surface area contributed by atoms with Gasteiger partial charge in [-0.25, -0.2) is 4.79 Å². The summed E-state index contributed by atoms with van der Waals surface area (Å²) < 4.78 is 19.9. The van der Waals surface area contributed by atoms with E-state index in [1.165, 1.54) is 11.8 Å². The van der Waals surface area contributed by atoms with Crippen molar-refractivity contribution >= 4 is 36.4 Å². The van der Waals surface area contributed by atoms with Gasteiger partial charge in [0.15, 0.2) is 0 Å². The first kappa shape index (κ1) is 33.8. The smallest absolute Gasteiger partial charge is 0.338 e. The number of ether oxygens (including phenoxy) is 2. The van der Waals surface area contributed by atoms with E-state index >= 15 is 0 Å². The predicted octanol–water partition coefficient (Wildman–Crippen LogP) is 7.66. The van der Waals surface area contributed by atoms with E-state index in [9.17, 15) is 15.9 Å². The second kappa shape index (κ2) is 15.4. The third-order valence-corrected chi connectivity index (χ3v) is 14.3. The molecule has 1 heterocycles. The average Bonchev–Trinajstić information content (AvgIpc) is 3.09. The Morgan fingerprint density at radius 2 is 1.28 bits per heavy atom. The minimum Gasteiger partial charge on any atom is -0.458 e. The van der Waals surface area contributed by atoms with Crippen LogP contribution in [0.5, 0.6) is 0 Å². The van der Waals surface area contributed by atoms with Gasteiger partial charge in [-0.1, -0.05) is 140 Å². The van der Waals surface area contributed by atoms with Crippen molar-refractivity contribution in [1.29, 1.82) is 0 Å². The highest BCUT2D eigenvalue weighted by Gasteiger charge is 2.53. The maximum Gasteiger partial charge on any atom is 0.338 e. The van der Waals surface area contributed by atoms with Crippen molar-refractivity contribution in [2.45, 2.75) is 60.4 Å². The number of azide groups is 2. The number of hydrogen-bond acceptors (Lipinski definition) is 7. The van der Waals surface area contributed by atoms with E-state index in [0.717, 1.165) is 15.3 Å². The molecule has 4 aromatic rings. The Bertz CT molecular complexity index is 1680. The van der Waals surface area contributed by atoms with Crippen molar-refractivity contribution in [2.24, 2.45) is 10.2 Å². The molecule has 5 atom stereocenters. The number of esters is 1. The maximum absolute atomic E-state index is 13.4. The number of hydrogen-bond donors (Lipinski definition) is 0. The van der Waals surface area contributed by atoms with E-state index in [1.807, 2.05) is 66.7 Å². The van der Waals surface area contributed by atoms with Gasteiger partial charge in [-0.3, -0.25) is 0 Å². The molecule has 0 spiro atoms. The van der Waals surface area contributed by atoms with Gasteiger partial charge in [0.05, 0.1) is 18.3 Å². The van der Waals surface area contributed by atoms with Gasteiger partial charge in [-0.2, -0.15) is 0 Å². The van der Waals surface area contributed by atoms with E-state index < -0.39 is 44.0 Å². The Morgan fingerprint density at radius 3 is 1.79 bits per heavy atom. The van der Waals surface area contributed by atoms with Crippen LogP contribution in [0.3, 0.4) is 0 Å². The molecule has 12 heteroatoms. The molecule has 4 aromatic carbocycles. The second-order valence-corrected chi connectivity index (χ2v) is 17.6. The van der Waals surface area contributed by atoms with Crippen molar-refractivity contribution in [3.63, 3.8) is 0 Å². The second-order valence-electron chi connectivity index (χ2n) is 12.1. The minimum atomic E-state index is -3.03. The van der Waals surface area contributed by atoms with Crippen molar-refractivity contribution in [3.05, 3.63) is 148 Å². The first-order chi connectivity index (χ1) is 22.8. The van der Waals surface area contributed by atoms with E-state index in [2.05, 4.69) is 65.1 Å². The Morgan fingerprint density at radius 1 is 0.787 bits per heavy atom. The van der Waals surface area contributed by atoms with E-state index in [4.69, 9.17) is 13.9 Å². The van der Waals surface area contributed by atoms with Crippen LogP contribution in [0.15, 0.2) is 136 Å². The number of rotatable bonds is 11. The van der Waals surface area contributed by atoms with Crippen molar-refractivity contribution < 1.29 is 18.7 Å². The zero-order valence-electron chi connectivity index (χ0n) is 26.4. The number of carbonyl (C=O) groups is 1. The van der Waals surface area contributed by atoms with Crippen LogP contribution in [0.25, 0.3) is 20.9 Å². The highest BCUT2D eigenvalue weighted by atomic mass is 32.2. The molecule has 1 aliphatic rings. The summed E-state index contributed by atoms with van der Waals surface area (Å²) in [5, 5.41) is 9.95. The quantitative estimate of drug-likeness (QED) is 0.0532. The Balaban J connectivity index is 1.59. The first-order valence-electron chi connectivity index (χ1n) is 15.2. The van der Waals surface area contributed by atoms with Crippen molar-refractivity contribution in [2.75, 3.05) is 6.61 Å². The molecule has 5 rings (SSSR count). The topological polar surface area (TPSA) is 142 Å². The van der Waals surface area contributed by atoms with Gasteiger partial charge in [0.2, 0.25) is 0 Å². The van der Waals surface area contributed by atoms with Crippen LogP contribution in [0.4, 0.5) is 0 Å². The van der Waals surface area contributed by atoms with Gasteiger partial charge in [0.25, 0.3) is 8.32 Å². The average molecular weight is 665 g/mol. The Labute approximate surface area is 279 Å². The standard InChI is InChI=1S/C35H36N6O4SSi/c1-35(2,3)47(27-20-12-6-13-21-27,28-22-14-7-15-23-28)43-24-29-30(38-40-36)32(45-33(42)25-16-8-4-9-17-25)31(39-41-37)34(44-29)46-26-18-10-5-11-19-26/h4-23,29-32,34H,24H2,1-3H3/t29-,30+,31-,32+,34+/m1/s1. The van der Waals surface area contributed by atoms with Crippen LogP contribution < -0.4 is 10.4 Å². The summed E-state index contributed by atoms with van der Waals surface area (Å²) in [5.41, 5.74) is 18.9. The third-order valence-electron chi connectivity index (χ3n) is 8.14. The summed E-state index contributed by atoms with van der Waals surface area (Å²) in [4.78, 5) is 20.5. The number of nitrogens with zero attached hydrogens (tertiary/aromatic N) is 6. The fourth-order valence-electron chi connectivity index (χ4n) is 6.02. The minimum absolute atomic E-state index is 0.0190. The molecule has 0 aromatic heterocycles. The zero-order valence-corrected chi connectivity index (χ0v) is 28.2. The highest BCUT2D eigenvalue weighted by molar-refractivity contribution is 7.99. The van der Waals surface area contributed by atoms with E-state index in [1.54, 1.807) is 30.3 Å². The van der Waals surface area contributed by atoms with Crippen molar-refractivity contribution in [1.82, 2.24) is 0 Å². The predicted molar refractivity (Wildman–Crippen MR) is 186 cm³/mol. The molecule has 1 aliphatic heterocycles. The number of thioether (sulfide) groups is 1. The lowest BCUT2D eigenvalue weighted by molar-refractivity contribution is -0.106. The van der Waals surface area contributed by atoms with Crippen LogP contribution in [0, 0.1) is 0 Å². The molecule has 0 saturated carbocycles. The zero-order chi connectivity index (χ0) is 33.3. The molecule has 0 bridgehead atoms. The molecule has 240 valence electrons. The summed E-state index contributed by atoms with van der Waals surface area (Å²) in [6, 6.07) is 36.3. The van der Waals surface area contributed by atoms with Crippen LogP contribution in [-0.2, 0) is 13.9 Å². The first-order valence-corrected chi connectivity index (χ1v) is 18.0. The molecule has 0 aliphatic carbocycles. The molecule has 0 N–H and O–H groups in total. The molecular weight excluding hydrogens is 629 g/mol. The van der Waals surface area contributed by atoms with Crippen molar-refractivity contribution in [3.8, 4) is 0 Å². The summed E-state index contributed by atoms with van der Waals surface area (Å²) in [6.07, 6.45) is -2.00. The molecule has 0 amide bonds. The number of benzene rings is 4. The lowest BCUT2D eigenvalue weighted by atomic mass is 9.96. The summed E-state index contributed by atoms with van der Waals surface area (Å²) in [7, 11) is -3.03. The van der Waals surface area contributed by atoms with E-state index in [0.29, 0.717) is 5.56 Å². The summed E-state index contributed by atoms with van der Waals surface area (Å²) in [5.74, 6) is -0.635. The molecule has 1 fully saturated rings. The van der Waals surface area contributed by atoms with Crippen LogP contribution in [0.2, 0.25) is 5.04 Å². The largest absolute Gasteiger partial charge is 0.458 e. The van der Waals surface area contributed by atoms with Crippen LogP contribution in [0.1, 0.15) is 31.1 Å². The van der Waals surface area contributed by atoms with Gasteiger partial charge in [0, 0.05) is 14.7 Å².